The van der Waals surface area contributed by atoms with Crippen LogP contribution in [-0.4, -0.2) is 30.8 Å². The average molecular weight is 380 g/mol. The molecule has 0 saturated carbocycles. The van der Waals surface area contributed by atoms with Gasteiger partial charge >= 0.3 is 0 Å². The van der Waals surface area contributed by atoms with Gasteiger partial charge in [-0.2, -0.15) is 0 Å². The summed E-state index contributed by atoms with van der Waals surface area (Å²) in [5.41, 5.74) is 0. The van der Waals surface area contributed by atoms with Crippen molar-refractivity contribution in [2.75, 3.05) is 20.1 Å². The van der Waals surface area contributed by atoms with Gasteiger partial charge in [-0.1, -0.05) is 104 Å². The Balaban J connectivity index is 2.29. The SMILES string of the molecule is CCCCCCCCCC(CCCCCCC)CC(=O)C1CCN(C)CC1. The van der Waals surface area contributed by atoms with Gasteiger partial charge in [-0.25, -0.2) is 0 Å². The first kappa shape index (κ1) is 24.7. The maximum atomic E-state index is 12.8. The lowest BCUT2D eigenvalue weighted by Crippen LogP contribution is -2.34. The van der Waals surface area contributed by atoms with Gasteiger partial charge in [-0.05, 0) is 38.9 Å². The molecule has 1 heterocycles. The summed E-state index contributed by atoms with van der Waals surface area (Å²) in [6.45, 7) is 6.78. The van der Waals surface area contributed by atoms with Crippen LogP contribution in [0.3, 0.4) is 0 Å². The van der Waals surface area contributed by atoms with Gasteiger partial charge in [0.05, 0.1) is 0 Å². The van der Waals surface area contributed by atoms with Gasteiger partial charge in [0.15, 0.2) is 0 Å². The Kier molecular flexibility index (Phi) is 15.1. The van der Waals surface area contributed by atoms with Gasteiger partial charge in [-0.3, -0.25) is 4.79 Å². The minimum Gasteiger partial charge on any atom is -0.306 e. The van der Waals surface area contributed by atoms with Crippen molar-refractivity contribution in [3.63, 3.8) is 0 Å². The third-order valence-electron chi connectivity index (χ3n) is 6.60. The van der Waals surface area contributed by atoms with Gasteiger partial charge in [0, 0.05) is 12.3 Å². The van der Waals surface area contributed by atoms with E-state index in [1.165, 1.54) is 89.9 Å². The molecule has 1 saturated heterocycles. The predicted octanol–water partition coefficient (Wildman–Crippen LogP) is 7.40. The molecule has 1 atom stereocenters. The van der Waals surface area contributed by atoms with E-state index >= 15 is 0 Å². The van der Waals surface area contributed by atoms with Crippen LogP contribution < -0.4 is 0 Å². The second-order valence-corrected chi connectivity index (χ2v) is 9.23. The third kappa shape index (κ3) is 12.7. The highest BCUT2D eigenvalue weighted by Gasteiger charge is 2.25. The van der Waals surface area contributed by atoms with E-state index in [4.69, 9.17) is 0 Å². The lowest BCUT2D eigenvalue weighted by molar-refractivity contribution is -0.125. The van der Waals surface area contributed by atoms with Crippen molar-refractivity contribution in [2.45, 2.75) is 123 Å². The van der Waals surface area contributed by atoms with E-state index in [-0.39, 0.29) is 0 Å². The number of hydrogen-bond donors (Lipinski definition) is 0. The fraction of sp³-hybridized carbons (Fsp3) is 0.960. The largest absolute Gasteiger partial charge is 0.306 e. The number of rotatable bonds is 17. The van der Waals surface area contributed by atoms with Crippen molar-refractivity contribution in [1.82, 2.24) is 4.90 Å². The summed E-state index contributed by atoms with van der Waals surface area (Å²) in [6.07, 6.45) is 22.1. The van der Waals surface area contributed by atoms with Crippen molar-refractivity contribution < 1.29 is 4.79 Å². The van der Waals surface area contributed by atoms with Crippen LogP contribution in [0.25, 0.3) is 0 Å². The highest BCUT2D eigenvalue weighted by molar-refractivity contribution is 5.81. The summed E-state index contributed by atoms with van der Waals surface area (Å²) in [4.78, 5) is 15.2. The number of likely N-dealkylation sites (tertiary alicyclic amines) is 1. The Morgan fingerprint density at radius 1 is 0.778 bits per heavy atom. The molecule has 1 fully saturated rings. The van der Waals surface area contributed by atoms with Crippen LogP contribution >= 0.6 is 0 Å². The molecule has 1 aliphatic heterocycles. The van der Waals surface area contributed by atoms with E-state index in [1.807, 2.05) is 0 Å². The maximum absolute atomic E-state index is 12.8. The fourth-order valence-electron chi connectivity index (χ4n) is 4.56. The van der Waals surface area contributed by atoms with E-state index in [2.05, 4.69) is 25.8 Å². The minimum atomic E-state index is 0.359. The molecule has 0 amide bonds. The molecular formula is C25H49NO. The predicted molar refractivity (Wildman–Crippen MR) is 119 cm³/mol. The van der Waals surface area contributed by atoms with Gasteiger partial charge in [0.25, 0.3) is 0 Å². The normalized spacial score (nSPS) is 17.3. The topological polar surface area (TPSA) is 20.3 Å². The second-order valence-electron chi connectivity index (χ2n) is 9.23. The molecule has 0 aromatic carbocycles. The molecule has 160 valence electrons. The van der Waals surface area contributed by atoms with Crippen LogP contribution in [0.2, 0.25) is 0 Å². The zero-order chi connectivity index (χ0) is 19.7. The number of hydrogen-bond acceptors (Lipinski definition) is 2. The number of unbranched alkanes of at least 4 members (excludes halogenated alkanes) is 10. The summed E-state index contributed by atoms with van der Waals surface area (Å²) < 4.78 is 0. The first-order valence-corrected chi connectivity index (χ1v) is 12.4. The Morgan fingerprint density at radius 3 is 1.70 bits per heavy atom. The molecular weight excluding hydrogens is 330 g/mol. The molecule has 1 aliphatic rings. The number of carbonyl (C=O) groups excluding carboxylic acids is 1. The quantitative estimate of drug-likeness (QED) is 0.245. The van der Waals surface area contributed by atoms with Gasteiger partial charge < -0.3 is 4.90 Å². The van der Waals surface area contributed by atoms with E-state index < -0.39 is 0 Å². The zero-order valence-corrected chi connectivity index (χ0v) is 18.9. The van der Waals surface area contributed by atoms with Crippen LogP contribution in [-0.2, 0) is 4.79 Å². The number of ketones is 1. The van der Waals surface area contributed by atoms with Crippen LogP contribution in [0, 0.1) is 11.8 Å². The lowest BCUT2D eigenvalue weighted by atomic mass is 9.84. The standard InChI is InChI=1S/C25H49NO/c1-4-6-8-10-11-13-15-17-23(16-14-12-9-7-5-2)22-25(27)24-18-20-26(3)21-19-24/h23-24H,4-22H2,1-3H3. The highest BCUT2D eigenvalue weighted by Crippen LogP contribution is 2.26. The Labute approximate surface area is 170 Å². The molecule has 0 spiro atoms. The van der Waals surface area contributed by atoms with Crippen molar-refractivity contribution >= 4 is 5.78 Å². The maximum Gasteiger partial charge on any atom is 0.136 e. The molecule has 1 rings (SSSR count). The number of nitrogens with zero attached hydrogens (tertiary/aromatic N) is 1. The van der Waals surface area contributed by atoms with Crippen molar-refractivity contribution in [1.29, 1.82) is 0 Å². The number of Topliss-reactive ketones (excluding diaryl/α,β-unsaturated/α-hetero) is 1. The fourth-order valence-corrected chi connectivity index (χ4v) is 4.56. The van der Waals surface area contributed by atoms with Gasteiger partial charge in [-0.15, -0.1) is 0 Å². The van der Waals surface area contributed by atoms with E-state index in [0.29, 0.717) is 17.6 Å². The monoisotopic (exact) mass is 379 g/mol. The molecule has 0 aliphatic carbocycles. The molecule has 0 aromatic heterocycles. The molecule has 0 aromatic rings. The second kappa shape index (κ2) is 16.6. The number of piperidine rings is 1. The van der Waals surface area contributed by atoms with Crippen molar-refractivity contribution in [3.8, 4) is 0 Å². The van der Waals surface area contributed by atoms with Crippen molar-refractivity contribution in [2.24, 2.45) is 11.8 Å². The first-order chi connectivity index (χ1) is 13.2. The van der Waals surface area contributed by atoms with E-state index in [9.17, 15) is 4.79 Å². The molecule has 0 bridgehead atoms. The van der Waals surface area contributed by atoms with Gasteiger partial charge in [0.1, 0.15) is 5.78 Å². The summed E-state index contributed by atoms with van der Waals surface area (Å²) in [5, 5.41) is 0. The summed E-state index contributed by atoms with van der Waals surface area (Å²) in [6, 6.07) is 0. The summed E-state index contributed by atoms with van der Waals surface area (Å²) in [5.74, 6) is 1.61. The molecule has 0 radical (unpaired) electrons. The summed E-state index contributed by atoms with van der Waals surface area (Å²) in [7, 11) is 2.18. The van der Waals surface area contributed by atoms with Crippen LogP contribution in [0.1, 0.15) is 123 Å². The zero-order valence-electron chi connectivity index (χ0n) is 18.9. The van der Waals surface area contributed by atoms with Crippen LogP contribution in [0.5, 0.6) is 0 Å². The van der Waals surface area contributed by atoms with E-state index in [1.54, 1.807) is 0 Å². The average Bonchev–Trinajstić information content (AvgIpc) is 2.67. The Bertz CT molecular complexity index is 346. The molecule has 2 heteroatoms. The smallest absolute Gasteiger partial charge is 0.136 e. The van der Waals surface area contributed by atoms with Crippen molar-refractivity contribution in [3.05, 3.63) is 0 Å². The first-order valence-electron chi connectivity index (χ1n) is 12.4. The minimum absolute atomic E-state index is 0.359. The highest BCUT2D eigenvalue weighted by atomic mass is 16.1. The lowest BCUT2D eigenvalue weighted by Gasteiger charge is -2.29. The molecule has 0 N–H and O–H groups in total. The summed E-state index contributed by atoms with van der Waals surface area (Å²) >= 11 is 0. The van der Waals surface area contributed by atoms with Crippen LogP contribution in [0.4, 0.5) is 0 Å². The van der Waals surface area contributed by atoms with Crippen LogP contribution in [0.15, 0.2) is 0 Å². The molecule has 2 nitrogen and oxygen atoms in total. The third-order valence-corrected chi connectivity index (χ3v) is 6.60. The Hall–Kier alpha value is -0.370. The molecule has 1 unspecified atom stereocenters. The van der Waals surface area contributed by atoms with E-state index in [0.717, 1.165) is 32.4 Å². The molecule has 27 heavy (non-hydrogen) atoms. The Morgan fingerprint density at radius 2 is 1.22 bits per heavy atom. The van der Waals surface area contributed by atoms with Gasteiger partial charge in [0.2, 0.25) is 0 Å². The number of carbonyl (C=O) groups is 1.